The van der Waals surface area contributed by atoms with Gasteiger partial charge in [0.15, 0.2) is 0 Å². The standard InChI is InChI=1S/C39H71NO5.C4H11N/c1-4-7-9-11-13-21-27-33-44-38(42)31-25-19-15-17-23-29-36(35-37(41)40-6-3)30-24-18-16-20-26-32-39(43)45-34-28-22-14-12-10-8-5-2;1-4-5(2)3/h21-22,27-28,36H,4-20,23-26,29-35H2,1-3H3,(H,40,41);4H2,1-3H3/b27-21-,28-22-;. The number of nitrogens with one attached hydrogen (secondary N) is 1. The van der Waals surface area contributed by atoms with E-state index in [9.17, 15) is 14.4 Å². The van der Waals surface area contributed by atoms with Crippen LogP contribution in [0.3, 0.4) is 0 Å². The van der Waals surface area contributed by atoms with E-state index in [0.717, 1.165) is 96.4 Å². The molecule has 294 valence electrons. The van der Waals surface area contributed by atoms with Crippen LogP contribution < -0.4 is 5.32 Å². The molecule has 1 amide bonds. The molecule has 0 saturated carbocycles. The van der Waals surface area contributed by atoms with E-state index >= 15 is 0 Å². The maximum absolute atomic E-state index is 12.3. The fourth-order valence-corrected chi connectivity index (χ4v) is 5.52. The molecule has 0 aliphatic heterocycles. The molecule has 0 unspecified atom stereocenters. The predicted octanol–water partition coefficient (Wildman–Crippen LogP) is 11.3. The highest BCUT2D eigenvalue weighted by Crippen LogP contribution is 2.22. The highest BCUT2D eigenvalue weighted by molar-refractivity contribution is 5.76. The number of hydrogen-bond donors (Lipinski definition) is 1. The number of unbranched alkanes of at least 4 members (excludes halogenated alkanes) is 16. The second kappa shape index (κ2) is 41.3. The summed E-state index contributed by atoms with van der Waals surface area (Å²) in [5.41, 5.74) is 0. The summed E-state index contributed by atoms with van der Waals surface area (Å²) < 4.78 is 10.6. The first kappa shape index (κ1) is 50.0. The molecule has 0 bridgehead atoms. The number of nitrogens with zero attached hydrogens (tertiary/aromatic N) is 1. The average molecular weight is 707 g/mol. The summed E-state index contributed by atoms with van der Waals surface area (Å²) in [6.07, 6.45) is 34.8. The molecule has 0 rings (SSSR count). The molecular formula is C43H82N2O5. The molecule has 0 spiro atoms. The Kier molecular flexibility index (Phi) is 41.2. The Morgan fingerprint density at radius 1 is 0.560 bits per heavy atom. The van der Waals surface area contributed by atoms with Crippen molar-refractivity contribution in [1.82, 2.24) is 10.2 Å². The minimum atomic E-state index is -0.0937. The first-order valence-electron chi connectivity index (χ1n) is 20.8. The van der Waals surface area contributed by atoms with Gasteiger partial charge in [0.25, 0.3) is 0 Å². The van der Waals surface area contributed by atoms with Crippen molar-refractivity contribution in [2.45, 2.75) is 188 Å². The monoisotopic (exact) mass is 707 g/mol. The number of esters is 2. The number of carbonyl (C=O) groups excluding carboxylic acids is 3. The molecule has 0 heterocycles. The number of ether oxygens (including phenoxy) is 2. The number of amides is 1. The Balaban J connectivity index is 0. The van der Waals surface area contributed by atoms with Crippen LogP contribution in [-0.2, 0) is 23.9 Å². The van der Waals surface area contributed by atoms with E-state index in [4.69, 9.17) is 9.47 Å². The molecule has 0 aliphatic carbocycles. The van der Waals surface area contributed by atoms with Crippen LogP contribution in [0.5, 0.6) is 0 Å². The van der Waals surface area contributed by atoms with Crippen LogP contribution in [-0.4, -0.2) is 63.1 Å². The minimum Gasteiger partial charge on any atom is -0.461 e. The lowest BCUT2D eigenvalue weighted by Gasteiger charge is -2.16. The zero-order chi connectivity index (χ0) is 37.3. The first-order chi connectivity index (χ1) is 24.3. The van der Waals surface area contributed by atoms with Gasteiger partial charge in [-0.2, -0.15) is 0 Å². The van der Waals surface area contributed by atoms with Crippen LogP contribution in [0.25, 0.3) is 0 Å². The van der Waals surface area contributed by atoms with Crippen molar-refractivity contribution >= 4 is 17.8 Å². The minimum absolute atomic E-state index is 0.0937. The van der Waals surface area contributed by atoms with Gasteiger partial charge in [0, 0.05) is 25.8 Å². The van der Waals surface area contributed by atoms with E-state index < -0.39 is 0 Å². The molecule has 0 saturated heterocycles. The van der Waals surface area contributed by atoms with Crippen molar-refractivity contribution in [3.63, 3.8) is 0 Å². The average Bonchev–Trinajstić information content (AvgIpc) is 3.09. The van der Waals surface area contributed by atoms with Crippen molar-refractivity contribution in [2.24, 2.45) is 5.92 Å². The second-order valence-electron chi connectivity index (χ2n) is 14.0. The van der Waals surface area contributed by atoms with E-state index in [-0.39, 0.29) is 17.8 Å². The zero-order valence-corrected chi connectivity index (χ0v) is 33.9. The van der Waals surface area contributed by atoms with Crippen LogP contribution in [0.15, 0.2) is 24.3 Å². The third kappa shape index (κ3) is 42.0. The van der Waals surface area contributed by atoms with Crippen molar-refractivity contribution in [3.05, 3.63) is 24.3 Å². The number of rotatable bonds is 34. The summed E-state index contributed by atoms with van der Waals surface area (Å²) in [5, 5.41) is 2.96. The molecule has 1 N–H and O–H groups in total. The van der Waals surface area contributed by atoms with Crippen LogP contribution in [0.2, 0.25) is 0 Å². The van der Waals surface area contributed by atoms with Gasteiger partial charge in [-0.1, -0.05) is 135 Å². The molecule has 7 heteroatoms. The van der Waals surface area contributed by atoms with Crippen LogP contribution in [0.1, 0.15) is 188 Å². The van der Waals surface area contributed by atoms with Crippen molar-refractivity contribution < 1.29 is 23.9 Å². The number of hydrogen-bond acceptors (Lipinski definition) is 6. The summed E-state index contributed by atoms with van der Waals surface area (Å²) in [7, 11) is 4.11. The van der Waals surface area contributed by atoms with Gasteiger partial charge in [-0.3, -0.25) is 14.4 Å². The van der Waals surface area contributed by atoms with Crippen LogP contribution >= 0.6 is 0 Å². The Morgan fingerprint density at radius 2 is 0.960 bits per heavy atom. The second-order valence-corrected chi connectivity index (χ2v) is 14.0. The highest BCUT2D eigenvalue weighted by Gasteiger charge is 2.13. The summed E-state index contributed by atoms with van der Waals surface area (Å²) in [6.45, 7) is 11.1. The molecule has 0 aromatic rings. The number of allylic oxidation sites excluding steroid dienone is 2. The summed E-state index contributed by atoms with van der Waals surface area (Å²) in [5.74, 6) is 0.408. The maximum Gasteiger partial charge on any atom is 0.306 e. The Bertz CT molecular complexity index is 759. The SMILES string of the molecule is CCCCCC/C=C\COC(=O)CCCCCCCC(CCCCCCCC(=O)OC/C=C\CCCCCC)CC(=O)NCC.CCN(C)C. The Labute approximate surface area is 310 Å². The number of carbonyl (C=O) groups is 3. The molecule has 0 aromatic carbocycles. The normalized spacial score (nSPS) is 11.4. The van der Waals surface area contributed by atoms with Gasteiger partial charge in [-0.25, -0.2) is 0 Å². The quantitative estimate of drug-likeness (QED) is 0.0407. The lowest BCUT2D eigenvalue weighted by molar-refractivity contribution is -0.143. The largest absolute Gasteiger partial charge is 0.461 e. The van der Waals surface area contributed by atoms with E-state index in [2.05, 4.69) is 57.2 Å². The van der Waals surface area contributed by atoms with Crippen molar-refractivity contribution in [1.29, 1.82) is 0 Å². The predicted molar refractivity (Wildman–Crippen MR) is 213 cm³/mol. The summed E-state index contributed by atoms with van der Waals surface area (Å²) in [4.78, 5) is 38.3. The topological polar surface area (TPSA) is 84.9 Å². The molecule has 0 aromatic heterocycles. The molecule has 0 radical (unpaired) electrons. The van der Waals surface area contributed by atoms with E-state index in [1.165, 1.54) is 51.4 Å². The summed E-state index contributed by atoms with van der Waals surface area (Å²) >= 11 is 0. The lowest BCUT2D eigenvalue weighted by Crippen LogP contribution is -2.25. The van der Waals surface area contributed by atoms with Gasteiger partial charge in [-0.05, 0) is 84.8 Å². The molecule has 0 aliphatic rings. The van der Waals surface area contributed by atoms with Crippen molar-refractivity contribution in [2.75, 3.05) is 40.4 Å². The third-order valence-corrected chi connectivity index (χ3v) is 8.93. The van der Waals surface area contributed by atoms with Crippen LogP contribution in [0.4, 0.5) is 0 Å². The van der Waals surface area contributed by atoms with Gasteiger partial charge in [0.05, 0.1) is 0 Å². The molecule has 0 atom stereocenters. The lowest BCUT2D eigenvalue weighted by atomic mass is 9.91. The van der Waals surface area contributed by atoms with E-state index in [1.54, 1.807) is 0 Å². The van der Waals surface area contributed by atoms with Crippen molar-refractivity contribution in [3.8, 4) is 0 Å². The smallest absolute Gasteiger partial charge is 0.306 e. The van der Waals surface area contributed by atoms with Gasteiger partial charge < -0.3 is 19.7 Å². The molecule has 0 fully saturated rings. The third-order valence-electron chi connectivity index (χ3n) is 8.93. The maximum atomic E-state index is 12.3. The molecule has 7 nitrogen and oxygen atoms in total. The van der Waals surface area contributed by atoms with E-state index in [0.29, 0.717) is 44.9 Å². The molecule has 50 heavy (non-hydrogen) atoms. The van der Waals surface area contributed by atoms with Gasteiger partial charge in [0.1, 0.15) is 13.2 Å². The fraction of sp³-hybridized carbons (Fsp3) is 0.837. The fourth-order valence-electron chi connectivity index (χ4n) is 5.52. The van der Waals surface area contributed by atoms with Gasteiger partial charge in [0.2, 0.25) is 5.91 Å². The molecular weight excluding hydrogens is 624 g/mol. The van der Waals surface area contributed by atoms with E-state index in [1.807, 2.05) is 19.1 Å². The summed E-state index contributed by atoms with van der Waals surface area (Å²) in [6, 6.07) is 0. The Hall–Kier alpha value is -2.15. The first-order valence-corrected chi connectivity index (χ1v) is 20.8. The van der Waals surface area contributed by atoms with Gasteiger partial charge >= 0.3 is 11.9 Å². The highest BCUT2D eigenvalue weighted by atomic mass is 16.5. The Morgan fingerprint density at radius 3 is 1.36 bits per heavy atom. The van der Waals surface area contributed by atoms with Crippen LogP contribution in [0, 0.1) is 5.92 Å². The van der Waals surface area contributed by atoms with Gasteiger partial charge in [-0.15, -0.1) is 0 Å². The zero-order valence-electron chi connectivity index (χ0n) is 33.9.